The van der Waals surface area contributed by atoms with E-state index in [1.165, 1.54) is 18.1 Å². The molecule has 6 rings (SSSR count). The number of piperidine rings is 1. The van der Waals surface area contributed by atoms with Crippen molar-refractivity contribution >= 4 is 11.7 Å². The fraction of sp³-hybridized carbons (Fsp3) is 0.500. The maximum atomic E-state index is 13.8. The van der Waals surface area contributed by atoms with Crippen LogP contribution in [0.2, 0.25) is 0 Å². The topological polar surface area (TPSA) is 47.6 Å². The fourth-order valence-corrected chi connectivity index (χ4v) is 5.90. The van der Waals surface area contributed by atoms with Crippen molar-refractivity contribution in [2.24, 2.45) is 5.92 Å². The first kappa shape index (κ1) is 20.0. The molecule has 1 saturated carbocycles. The third kappa shape index (κ3) is 3.54. The van der Waals surface area contributed by atoms with Gasteiger partial charge in [0.1, 0.15) is 5.82 Å². The molecule has 3 heterocycles. The van der Waals surface area contributed by atoms with Gasteiger partial charge in [0.25, 0.3) is 0 Å². The van der Waals surface area contributed by atoms with Crippen LogP contribution < -0.4 is 10.6 Å². The Morgan fingerprint density at radius 2 is 1.88 bits per heavy atom. The van der Waals surface area contributed by atoms with Gasteiger partial charge in [-0.2, -0.15) is 0 Å². The third-order valence-electron chi connectivity index (χ3n) is 8.08. The number of halogens is 1. The first-order valence-corrected chi connectivity index (χ1v) is 12.0. The highest BCUT2D eigenvalue weighted by Crippen LogP contribution is 2.44. The number of carbonyl (C=O) groups is 1. The minimum atomic E-state index is -0.174. The standard InChI is InChI=1S/C26H31FN4O/c27-20-6-7-23-22(12-20)26(17-29-23)8-10-30(11-9-26)25(32)31-15-18(16-31)14-28-24-13-21(24)19-4-2-1-3-5-19/h1-7,12,18,21,24,28-29H,8-11,13-17H2/t21?,24-/m0/s1. The zero-order chi connectivity index (χ0) is 21.7. The number of hydrogen-bond donors (Lipinski definition) is 2. The maximum Gasteiger partial charge on any atom is 0.320 e. The Bertz CT molecular complexity index is 998. The van der Waals surface area contributed by atoms with Gasteiger partial charge in [0, 0.05) is 68.2 Å². The van der Waals surface area contributed by atoms with Gasteiger partial charge in [-0.25, -0.2) is 9.18 Å². The van der Waals surface area contributed by atoms with Crippen LogP contribution >= 0.6 is 0 Å². The van der Waals surface area contributed by atoms with E-state index in [2.05, 4.69) is 41.0 Å². The normalized spacial score (nSPS) is 25.9. The van der Waals surface area contributed by atoms with E-state index in [-0.39, 0.29) is 17.3 Å². The molecule has 2 amide bonds. The van der Waals surface area contributed by atoms with Crippen LogP contribution in [0.1, 0.15) is 36.3 Å². The first-order valence-electron chi connectivity index (χ1n) is 12.0. The van der Waals surface area contributed by atoms with Gasteiger partial charge < -0.3 is 20.4 Å². The molecule has 0 bridgehead atoms. The second-order valence-corrected chi connectivity index (χ2v) is 10.1. The Morgan fingerprint density at radius 3 is 2.66 bits per heavy atom. The Kier molecular flexibility index (Phi) is 4.86. The minimum Gasteiger partial charge on any atom is -0.384 e. The molecule has 1 aliphatic carbocycles. The minimum absolute atomic E-state index is 0.0326. The summed E-state index contributed by atoms with van der Waals surface area (Å²) in [7, 11) is 0. The van der Waals surface area contributed by atoms with Crippen molar-refractivity contribution in [3.63, 3.8) is 0 Å². The van der Waals surface area contributed by atoms with Crippen molar-refractivity contribution in [2.45, 2.75) is 36.6 Å². The fourth-order valence-electron chi connectivity index (χ4n) is 5.90. The van der Waals surface area contributed by atoms with E-state index in [1.54, 1.807) is 6.07 Å². The van der Waals surface area contributed by atoms with Gasteiger partial charge in [0.05, 0.1) is 0 Å². The number of likely N-dealkylation sites (tertiary alicyclic amines) is 2. The molecule has 4 aliphatic rings. The van der Waals surface area contributed by atoms with Crippen LogP contribution in [0.3, 0.4) is 0 Å². The molecule has 5 nitrogen and oxygen atoms in total. The summed E-state index contributed by atoms with van der Waals surface area (Å²) in [5.41, 5.74) is 3.54. The lowest BCUT2D eigenvalue weighted by Crippen LogP contribution is -2.59. The summed E-state index contributed by atoms with van der Waals surface area (Å²) in [6.45, 7) is 5.04. The number of carbonyl (C=O) groups excluding carboxylic acids is 1. The van der Waals surface area contributed by atoms with Crippen molar-refractivity contribution in [1.82, 2.24) is 15.1 Å². The van der Waals surface area contributed by atoms with Crippen LogP contribution in [0.4, 0.5) is 14.9 Å². The number of rotatable bonds is 4. The maximum absolute atomic E-state index is 13.8. The Morgan fingerprint density at radius 1 is 1.09 bits per heavy atom. The van der Waals surface area contributed by atoms with Crippen molar-refractivity contribution in [1.29, 1.82) is 0 Å². The van der Waals surface area contributed by atoms with E-state index >= 15 is 0 Å². The number of urea groups is 1. The molecule has 2 aromatic carbocycles. The Labute approximate surface area is 189 Å². The molecule has 2 N–H and O–H groups in total. The summed E-state index contributed by atoms with van der Waals surface area (Å²) in [6, 6.07) is 16.5. The summed E-state index contributed by atoms with van der Waals surface area (Å²) >= 11 is 0. The molecule has 2 atom stereocenters. The average Bonchev–Trinajstić information content (AvgIpc) is 3.50. The highest BCUT2D eigenvalue weighted by molar-refractivity contribution is 5.75. The molecule has 3 fully saturated rings. The van der Waals surface area contributed by atoms with Crippen molar-refractivity contribution in [3.8, 4) is 0 Å². The van der Waals surface area contributed by atoms with Crippen LogP contribution in [0.15, 0.2) is 48.5 Å². The third-order valence-corrected chi connectivity index (χ3v) is 8.08. The van der Waals surface area contributed by atoms with Crippen molar-refractivity contribution < 1.29 is 9.18 Å². The monoisotopic (exact) mass is 434 g/mol. The number of amides is 2. The van der Waals surface area contributed by atoms with Gasteiger partial charge in [-0.1, -0.05) is 30.3 Å². The zero-order valence-corrected chi connectivity index (χ0v) is 18.4. The van der Waals surface area contributed by atoms with E-state index in [0.717, 1.165) is 63.4 Å². The number of fused-ring (bicyclic) bond motifs is 2. The summed E-state index contributed by atoms with van der Waals surface area (Å²) in [5.74, 6) is 1.03. The van der Waals surface area contributed by atoms with Crippen LogP contribution in [0.25, 0.3) is 0 Å². The molecule has 2 saturated heterocycles. The summed E-state index contributed by atoms with van der Waals surface area (Å²) in [6.07, 6.45) is 3.00. The van der Waals surface area contributed by atoms with E-state index in [0.29, 0.717) is 17.9 Å². The number of nitrogens with zero attached hydrogens (tertiary/aromatic N) is 2. The number of hydrogen-bond acceptors (Lipinski definition) is 3. The van der Waals surface area contributed by atoms with Crippen LogP contribution in [-0.4, -0.2) is 61.1 Å². The lowest BCUT2D eigenvalue weighted by molar-refractivity contribution is 0.0772. The quantitative estimate of drug-likeness (QED) is 0.770. The second-order valence-electron chi connectivity index (χ2n) is 10.1. The summed E-state index contributed by atoms with van der Waals surface area (Å²) < 4.78 is 13.8. The molecule has 1 unspecified atom stereocenters. The van der Waals surface area contributed by atoms with E-state index in [9.17, 15) is 9.18 Å². The second kappa shape index (κ2) is 7.77. The van der Waals surface area contributed by atoms with Crippen molar-refractivity contribution in [3.05, 3.63) is 65.5 Å². The Balaban J connectivity index is 0.958. The zero-order valence-electron chi connectivity index (χ0n) is 18.4. The number of nitrogens with one attached hydrogen (secondary N) is 2. The Hall–Kier alpha value is -2.60. The molecule has 168 valence electrons. The average molecular weight is 435 g/mol. The molecular weight excluding hydrogens is 403 g/mol. The van der Waals surface area contributed by atoms with Crippen LogP contribution in [-0.2, 0) is 5.41 Å². The highest BCUT2D eigenvalue weighted by atomic mass is 19.1. The van der Waals surface area contributed by atoms with Crippen molar-refractivity contribution in [2.75, 3.05) is 44.6 Å². The lowest BCUT2D eigenvalue weighted by Gasteiger charge is -2.45. The van der Waals surface area contributed by atoms with Gasteiger partial charge in [0.2, 0.25) is 0 Å². The molecule has 32 heavy (non-hydrogen) atoms. The van der Waals surface area contributed by atoms with E-state index in [1.807, 2.05) is 15.9 Å². The van der Waals surface area contributed by atoms with E-state index < -0.39 is 0 Å². The molecule has 3 aliphatic heterocycles. The van der Waals surface area contributed by atoms with Gasteiger partial charge in [-0.05, 0) is 48.6 Å². The van der Waals surface area contributed by atoms with Gasteiger partial charge in [-0.3, -0.25) is 0 Å². The molecule has 0 aromatic heterocycles. The van der Waals surface area contributed by atoms with Crippen LogP contribution in [0.5, 0.6) is 0 Å². The van der Waals surface area contributed by atoms with Crippen LogP contribution in [0, 0.1) is 11.7 Å². The lowest BCUT2D eigenvalue weighted by atomic mass is 9.74. The van der Waals surface area contributed by atoms with Gasteiger partial charge in [0.15, 0.2) is 0 Å². The largest absolute Gasteiger partial charge is 0.384 e. The van der Waals surface area contributed by atoms with Gasteiger partial charge >= 0.3 is 6.03 Å². The molecular formula is C26H31FN4O. The number of anilines is 1. The highest BCUT2D eigenvalue weighted by Gasteiger charge is 2.44. The molecule has 6 heteroatoms. The molecule has 1 spiro atoms. The molecule has 2 aromatic rings. The number of benzene rings is 2. The first-order chi connectivity index (χ1) is 15.6. The molecule has 0 radical (unpaired) electrons. The predicted molar refractivity (Wildman–Crippen MR) is 123 cm³/mol. The van der Waals surface area contributed by atoms with E-state index in [4.69, 9.17) is 0 Å². The smallest absolute Gasteiger partial charge is 0.320 e. The summed E-state index contributed by atoms with van der Waals surface area (Å²) in [4.78, 5) is 17.0. The van der Waals surface area contributed by atoms with Gasteiger partial charge in [-0.15, -0.1) is 0 Å². The summed E-state index contributed by atoms with van der Waals surface area (Å²) in [5, 5.41) is 7.14. The SMILES string of the molecule is O=C(N1CCC2(CC1)CNc1ccc(F)cc12)N1CC(CN[C@H]2CC2c2ccccc2)C1. The predicted octanol–water partition coefficient (Wildman–Crippen LogP) is 3.78.